The van der Waals surface area contributed by atoms with Gasteiger partial charge in [-0.05, 0) is 29.7 Å². The van der Waals surface area contributed by atoms with Gasteiger partial charge in [0.25, 0.3) is 0 Å². The summed E-state index contributed by atoms with van der Waals surface area (Å²) in [4.78, 5) is 16.4. The lowest BCUT2D eigenvalue weighted by molar-refractivity contribution is -0.111. The Balaban J connectivity index is 1.98. The SMILES string of the molecule is O=C(/C=C/c1cccs1)Nc1ccnc(Cl)c1. The van der Waals surface area contributed by atoms with Crippen LogP contribution in [0.1, 0.15) is 4.88 Å². The number of carbonyl (C=O) groups excluding carboxylic acids is 1. The Morgan fingerprint density at radius 1 is 1.47 bits per heavy atom. The van der Waals surface area contributed by atoms with Crippen molar-refractivity contribution in [2.24, 2.45) is 0 Å². The molecule has 2 aromatic rings. The molecule has 2 rings (SSSR count). The van der Waals surface area contributed by atoms with Crippen molar-refractivity contribution in [2.75, 3.05) is 5.32 Å². The molecule has 0 aliphatic carbocycles. The summed E-state index contributed by atoms with van der Waals surface area (Å²) in [6, 6.07) is 7.16. The summed E-state index contributed by atoms with van der Waals surface area (Å²) in [6.45, 7) is 0. The molecule has 17 heavy (non-hydrogen) atoms. The fraction of sp³-hybridized carbons (Fsp3) is 0. The van der Waals surface area contributed by atoms with Crippen LogP contribution >= 0.6 is 22.9 Å². The number of nitrogens with one attached hydrogen (secondary N) is 1. The number of carbonyl (C=O) groups is 1. The van der Waals surface area contributed by atoms with Crippen LogP contribution in [0.2, 0.25) is 5.15 Å². The van der Waals surface area contributed by atoms with E-state index in [1.165, 1.54) is 6.08 Å². The number of pyridine rings is 1. The zero-order valence-corrected chi connectivity index (χ0v) is 10.3. The number of hydrogen-bond acceptors (Lipinski definition) is 3. The number of rotatable bonds is 3. The molecule has 1 N–H and O–H groups in total. The molecular formula is C12H9ClN2OS. The molecule has 2 heterocycles. The van der Waals surface area contributed by atoms with Gasteiger partial charge in [-0.2, -0.15) is 0 Å². The van der Waals surface area contributed by atoms with Gasteiger partial charge in [-0.15, -0.1) is 11.3 Å². The van der Waals surface area contributed by atoms with Gasteiger partial charge >= 0.3 is 0 Å². The molecule has 0 aliphatic heterocycles. The zero-order valence-electron chi connectivity index (χ0n) is 8.76. The highest BCUT2D eigenvalue weighted by molar-refractivity contribution is 7.10. The molecule has 3 nitrogen and oxygen atoms in total. The standard InChI is InChI=1S/C12H9ClN2OS/c13-11-8-9(5-6-14-11)15-12(16)4-3-10-2-1-7-17-10/h1-8H,(H,14,15,16)/b4-3+. The van der Waals surface area contributed by atoms with Crippen molar-refractivity contribution in [3.8, 4) is 0 Å². The second-order valence-corrected chi connectivity index (χ2v) is 4.57. The lowest BCUT2D eigenvalue weighted by Crippen LogP contribution is -2.07. The van der Waals surface area contributed by atoms with E-state index >= 15 is 0 Å². The molecule has 0 spiro atoms. The maximum absolute atomic E-state index is 11.6. The highest BCUT2D eigenvalue weighted by atomic mass is 35.5. The predicted molar refractivity (Wildman–Crippen MR) is 71.2 cm³/mol. The minimum atomic E-state index is -0.194. The first-order valence-corrected chi connectivity index (χ1v) is 6.14. The molecule has 0 unspecified atom stereocenters. The summed E-state index contributed by atoms with van der Waals surface area (Å²) in [5.74, 6) is -0.194. The first kappa shape index (κ1) is 11.8. The number of amides is 1. The molecule has 2 aromatic heterocycles. The van der Waals surface area contributed by atoms with Crippen LogP contribution in [0.3, 0.4) is 0 Å². The van der Waals surface area contributed by atoms with Gasteiger partial charge in [0.1, 0.15) is 5.15 Å². The summed E-state index contributed by atoms with van der Waals surface area (Å²) in [5, 5.41) is 5.01. The second kappa shape index (κ2) is 5.61. The van der Waals surface area contributed by atoms with E-state index in [2.05, 4.69) is 10.3 Å². The van der Waals surface area contributed by atoms with Crippen molar-refractivity contribution in [2.45, 2.75) is 0 Å². The molecule has 5 heteroatoms. The number of nitrogens with zero attached hydrogens (tertiary/aromatic N) is 1. The molecule has 0 atom stereocenters. The Kier molecular flexibility index (Phi) is 3.90. The Hall–Kier alpha value is -1.65. The van der Waals surface area contributed by atoms with Crippen LogP contribution in [-0.4, -0.2) is 10.9 Å². The van der Waals surface area contributed by atoms with Gasteiger partial charge in [0.05, 0.1) is 0 Å². The van der Waals surface area contributed by atoms with Crippen molar-refractivity contribution < 1.29 is 4.79 Å². The first-order valence-electron chi connectivity index (χ1n) is 4.88. The fourth-order valence-electron chi connectivity index (χ4n) is 1.21. The Labute approximate surface area is 108 Å². The van der Waals surface area contributed by atoms with Gasteiger partial charge in [0.2, 0.25) is 5.91 Å². The third-order valence-corrected chi connectivity index (χ3v) is 2.98. The molecule has 0 radical (unpaired) electrons. The normalized spacial score (nSPS) is 10.6. The van der Waals surface area contributed by atoms with E-state index in [0.717, 1.165) is 4.88 Å². The molecular weight excluding hydrogens is 256 g/mol. The molecule has 0 saturated heterocycles. The van der Waals surface area contributed by atoms with Gasteiger partial charge in [0, 0.05) is 22.8 Å². The van der Waals surface area contributed by atoms with E-state index in [-0.39, 0.29) is 5.91 Å². The molecule has 86 valence electrons. The lowest BCUT2D eigenvalue weighted by Gasteiger charge is -2.01. The van der Waals surface area contributed by atoms with E-state index in [1.54, 1.807) is 35.7 Å². The summed E-state index contributed by atoms with van der Waals surface area (Å²) >= 11 is 7.28. The van der Waals surface area contributed by atoms with E-state index in [4.69, 9.17) is 11.6 Å². The van der Waals surface area contributed by atoms with Gasteiger partial charge in [-0.25, -0.2) is 4.98 Å². The predicted octanol–water partition coefficient (Wildman–Crippen LogP) is 3.45. The number of hydrogen-bond donors (Lipinski definition) is 1. The maximum atomic E-state index is 11.6. The van der Waals surface area contributed by atoms with E-state index in [9.17, 15) is 4.79 Å². The van der Waals surface area contributed by atoms with Crippen LogP contribution in [0.15, 0.2) is 41.9 Å². The smallest absolute Gasteiger partial charge is 0.248 e. The third kappa shape index (κ3) is 3.69. The van der Waals surface area contributed by atoms with Crippen molar-refractivity contribution in [3.05, 3.63) is 51.9 Å². The quantitative estimate of drug-likeness (QED) is 0.681. The van der Waals surface area contributed by atoms with E-state index in [1.807, 2.05) is 17.5 Å². The van der Waals surface area contributed by atoms with Crippen molar-refractivity contribution in [3.63, 3.8) is 0 Å². The van der Waals surface area contributed by atoms with E-state index < -0.39 is 0 Å². The van der Waals surface area contributed by atoms with Crippen LogP contribution in [0, 0.1) is 0 Å². The van der Waals surface area contributed by atoms with Crippen LogP contribution < -0.4 is 5.32 Å². The minimum absolute atomic E-state index is 0.194. The van der Waals surface area contributed by atoms with Crippen LogP contribution in [-0.2, 0) is 4.79 Å². The molecule has 1 amide bonds. The van der Waals surface area contributed by atoms with Crippen molar-refractivity contribution in [1.82, 2.24) is 4.98 Å². The zero-order chi connectivity index (χ0) is 12.1. The Morgan fingerprint density at radius 2 is 2.35 bits per heavy atom. The highest BCUT2D eigenvalue weighted by Gasteiger charge is 1.98. The van der Waals surface area contributed by atoms with E-state index in [0.29, 0.717) is 10.8 Å². The fourth-order valence-corrected chi connectivity index (χ4v) is 2.00. The van der Waals surface area contributed by atoms with Gasteiger partial charge in [-0.3, -0.25) is 4.79 Å². The third-order valence-electron chi connectivity index (χ3n) is 1.94. The average molecular weight is 265 g/mol. The number of anilines is 1. The first-order chi connectivity index (χ1) is 8.24. The summed E-state index contributed by atoms with van der Waals surface area (Å²) in [7, 11) is 0. The van der Waals surface area contributed by atoms with Crippen LogP contribution in [0.4, 0.5) is 5.69 Å². The molecule has 0 saturated carbocycles. The highest BCUT2D eigenvalue weighted by Crippen LogP contribution is 2.13. The topological polar surface area (TPSA) is 42.0 Å². The molecule has 0 aromatic carbocycles. The van der Waals surface area contributed by atoms with Crippen molar-refractivity contribution in [1.29, 1.82) is 0 Å². The van der Waals surface area contributed by atoms with Crippen molar-refractivity contribution >= 4 is 40.6 Å². The minimum Gasteiger partial charge on any atom is -0.322 e. The Bertz CT molecular complexity index is 537. The number of aromatic nitrogens is 1. The average Bonchev–Trinajstić information content (AvgIpc) is 2.79. The summed E-state index contributed by atoms with van der Waals surface area (Å²) in [5.41, 5.74) is 0.630. The summed E-state index contributed by atoms with van der Waals surface area (Å²) < 4.78 is 0. The lowest BCUT2D eigenvalue weighted by atomic mass is 10.3. The molecule has 0 bridgehead atoms. The van der Waals surface area contributed by atoms with Crippen LogP contribution in [0.5, 0.6) is 0 Å². The summed E-state index contributed by atoms with van der Waals surface area (Å²) in [6.07, 6.45) is 4.80. The second-order valence-electron chi connectivity index (χ2n) is 3.21. The van der Waals surface area contributed by atoms with Gasteiger partial charge in [-0.1, -0.05) is 17.7 Å². The largest absolute Gasteiger partial charge is 0.322 e. The Morgan fingerprint density at radius 3 is 3.06 bits per heavy atom. The van der Waals surface area contributed by atoms with Gasteiger partial charge < -0.3 is 5.32 Å². The molecule has 0 aliphatic rings. The van der Waals surface area contributed by atoms with Gasteiger partial charge in [0.15, 0.2) is 0 Å². The number of thiophene rings is 1. The van der Waals surface area contributed by atoms with Crippen LogP contribution in [0.25, 0.3) is 6.08 Å². The monoisotopic (exact) mass is 264 g/mol. The maximum Gasteiger partial charge on any atom is 0.248 e. The number of halogens is 1. The molecule has 0 fully saturated rings.